The van der Waals surface area contributed by atoms with Crippen molar-refractivity contribution in [3.63, 3.8) is 0 Å². The van der Waals surface area contributed by atoms with Crippen LogP contribution in [0.1, 0.15) is 60.3 Å². The summed E-state index contributed by atoms with van der Waals surface area (Å²) in [5.41, 5.74) is -0.563. The number of piperidine rings is 1. The van der Waals surface area contributed by atoms with Gasteiger partial charge in [0.05, 0.1) is 4.90 Å². The van der Waals surface area contributed by atoms with Crippen molar-refractivity contribution < 1.29 is 27.5 Å². The van der Waals surface area contributed by atoms with Gasteiger partial charge >= 0.3 is 6.09 Å². The van der Waals surface area contributed by atoms with Crippen LogP contribution in [-0.2, 0) is 24.3 Å². The number of sulfonamides is 1. The minimum Gasteiger partial charge on any atom is -0.444 e. The molecule has 1 N–H and O–H groups in total. The minimum absolute atomic E-state index is 0.0295. The van der Waals surface area contributed by atoms with Gasteiger partial charge in [-0.15, -0.1) is 0 Å². The molecule has 0 spiro atoms. The molecule has 0 saturated carbocycles. The Morgan fingerprint density at radius 3 is 2.23 bits per heavy atom. The lowest BCUT2D eigenvalue weighted by Gasteiger charge is -2.34. The van der Waals surface area contributed by atoms with Crippen LogP contribution in [0.5, 0.6) is 0 Å². The third kappa shape index (κ3) is 8.17. The van der Waals surface area contributed by atoms with Crippen LogP contribution in [0.2, 0.25) is 0 Å². The standard InChI is InChI=1S/C29H41N3O6S/c1-6-31(7-2)27(34)25(15-12-21-16-18-32(19-17-21)28(35)38-29(3,4)5)26(33)30-39(36,37)24-14-13-22-10-8-9-11-23(22)20-24/h8-11,13-14,20-21,25H,6-7,12,15-19H2,1-5H3,(H,30,33). The first-order valence-electron chi connectivity index (χ1n) is 13.7. The maximum atomic E-state index is 13.3. The van der Waals surface area contributed by atoms with E-state index in [0.717, 1.165) is 23.6 Å². The minimum atomic E-state index is -4.17. The van der Waals surface area contributed by atoms with Gasteiger partial charge in [0, 0.05) is 26.2 Å². The van der Waals surface area contributed by atoms with Crippen LogP contribution in [0.15, 0.2) is 47.4 Å². The van der Waals surface area contributed by atoms with E-state index in [1.54, 1.807) is 21.9 Å². The number of carbonyl (C=O) groups is 3. The Kier molecular flexibility index (Phi) is 9.98. The Bertz CT molecular complexity index is 1280. The van der Waals surface area contributed by atoms with E-state index in [9.17, 15) is 22.8 Å². The lowest BCUT2D eigenvalue weighted by Crippen LogP contribution is -2.45. The molecule has 2 aromatic carbocycles. The number of nitrogens with zero attached hydrogens (tertiary/aromatic N) is 2. The van der Waals surface area contributed by atoms with Crippen molar-refractivity contribution in [3.8, 4) is 0 Å². The number of amides is 3. The molecule has 1 unspecified atom stereocenters. The van der Waals surface area contributed by atoms with Crippen molar-refractivity contribution in [2.75, 3.05) is 26.2 Å². The van der Waals surface area contributed by atoms with Crippen molar-refractivity contribution in [1.82, 2.24) is 14.5 Å². The molecule has 214 valence electrons. The van der Waals surface area contributed by atoms with Crippen molar-refractivity contribution in [2.45, 2.75) is 70.8 Å². The average molecular weight is 560 g/mol. The van der Waals surface area contributed by atoms with Crippen molar-refractivity contribution >= 4 is 38.7 Å². The zero-order valence-electron chi connectivity index (χ0n) is 23.6. The number of hydrogen-bond donors (Lipinski definition) is 1. The van der Waals surface area contributed by atoms with Gasteiger partial charge in [0.25, 0.3) is 10.0 Å². The molecule has 0 bridgehead atoms. The van der Waals surface area contributed by atoms with E-state index < -0.39 is 27.4 Å². The maximum Gasteiger partial charge on any atom is 0.410 e. The average Bonchev–Trinajstić information content (AvgIpc) is 2.88. The molecule has 1 aliphatic heterocycles. The number of fused-ring (bicyclic) bond motifs is 1. The highest BCUT2D eigenvalue weighted by Gasteiger charge is 2.34. The molecule has 3 amide bonds. The topological polar surface area (TPSA) is 113 Å². The fraction of sp³-hybridized carbons (Fsp3) is 0.552. The number of rotatable bonds is 9. The molecular formula is C29H41N3O6S. The first-order valence-corrected chi connectivity index (χ1v) is 15.1. The molecule has 9 nitrogen and oxygen atoms in total. The number of benzene rings is 2. The first kappa shape index (κ1) is 30.4. The zero-order valence-corrected chi connectivity index (χ0v) is 24.4. The van der Waals surface area contributed by atoms with E-state index in [4.69, 9.17) is 4.74 Å². The van der Waals surface area contributed by atoms with Gasteiger partial charge in [-0.1, -0.05) is 30.3 Å². The van der Waals surface area contributed by atoms with E-state index in [-0.39, 0.29) is 29.2 Å². The molecule has 10 heteroatoms. The van der Waals surface area contributed by atoms with Crippen LogP contribution in [0.4, 0.5) is 4.79 Å². The fourth-order valence-electron chi connectivity index (χ4n) is 4.85. The van der Waals surface area contributed by atoms with E-state index >= 15 is 0 Å². The van der Waals surface area contributed by atoms with Crippen LogP contribution in [-0.4, -0.2) is 67.9 Å². The smallest absolute Gasteiger partial charge is 0.410 e. The molecule has 1 atom stereocenters. The monoisotopic (exact) mass is 559 g/mol. The number of ether oxygens (including phenoxy) is 1. The first-order chi connectivity index (χ1) is 18.3. The second-order valence-corrected chi connectivity index (χ2v) is 12.7. The SMILES string of the molecule is CCN(CC)C(=O)C(CCC1CCN(C(=O)OC(C)(C)C)CC1)C(=O)NS(=O)(=O)c1ccc2ccccc2c1. The van der Waals surface area contributed by atoms with Crippen LogP contribution in [0.25, 0.3) is 10.8 Å². The Balaban J connectivity index is 1.69. The van der Waals surface area contributed by atoms with E-state index in [0.29, 0.717) is 32.6 Å². The Labute approximate surface area is 231 Å². The molecule has 0 aromatic heterocycles. The normalized spacial score (nSPS) is 15.6. The van der Waals surface area contributed by atoms with Gasteiger partial charge in [-0.2, -0.15) is 0 Å². The van der Waals surface area contributed by atoms with Gasteiger partial charge in [0.15, 0.2) is 0 Å². The lowest BCUT2D eigenvalue weighted by atomic mass is 9.88. The van der Waals surface area contributed by atoms with Gasteiger partial charge < -0.3 is 14.5 Å². The van der Waals surface area contributed by atoms with Gasteiger partial charge in [-0.05, 0) is 89.1 Å². The van der Waals surface area contributed by atoms with Gasteiger partial charge in [0.2, 0.25) is 11.8 Å². The molecule has 0 aliphatic carbocycles. The zero-order chi connectivity index (χ0) is 28.8. The number of likely N-dealkylation sites (tertiary alicyclic amines) is 1. The summed E-state index contributed by atoms with van der Waals surface area (Å²) in [5.74, 6) is -2.10. The second kappa shape index (κ2) is 12.8. The summed E-state index contributed by atoms with van der Waals surface area (Å²) in [6.45, 7) is 11.1. The van der Waals surface area contributed by atoms with E-state index in [1.165, 1.54) is 12.1 Å². The summed E-state index contributed by atoms with van der Waals surface area (Å²) in [6, 6.07) is 12.0. The maximum absolute atomic E-state index is 13.3. The lowest BCUT2D eigenvalue weighted by molar-refractivity contribution is -0.141. The molecule has 1 fully saturated rings. The number of hydrogen-bond acceptors (Lipinski definition) is 6. The van der Waals surface area contributed by atoms with Gasteiger partial charge in [-0.3, -0.25) is 9.59 Å². The highest BCUT2D eigenvalue weighted by Crippen LogP contribution is 2.27. The highest BCUT2D eigenvalue weighted by molar-refractivity contribution is 7.90. The summed E-state index contributed by atoms with van der Waals surface area (Å²) in [5, 5.41) is 1.62. The number of nitrogens with one attached hydrogen (secondary N) is 1. The molecule has 3 rings (SSSR count). The Morgan fingerprint density at radius 1 is 1.03 bits per heavy atom. The van der Waals surface area contributed by atoms with Crippen molar-refractivity contribution in [2.24, 2.45) is 11.8 Å². The largest absolute Gasteiger partial charge is 0.444 e. The quantitative estimate of drug-likeness (QED) is 0.451. The third-order valence-corrected chi connectivity index (χ3v) is 8.43. The predicted molar refractivity (Wildman–Crippen MR) is 150 cm³/mol. The molecular weight excluding hydrogens is 518 g/mol. The molecule has 0 radical (unpaired) electrons. The molecule has 1 heterocycles. The summed E-state index contributed by atoms with van der Waals surface area (Å²) >= 11 is 0. The van der Waals surface area contributed by atoms with Crippen molar-refractivity contribution in [1.29, 1.82) is 0 Å². The van der Waals surface area contributed by atoms with Crippen LogP contribution >= 0.6 is 0 Å². The Hall–Kier alpha value is -3.14. The summed E-state index contributed by atoms with van der Waals surface area (Å²) in [6.07, 6.45) is 1.91. The fourth-order valence-corrected chi connectivity index (χ4v) is 5.91. The van der Waals surface area contributed by atoms with Crippen LogP contribution in [0.3, 0.4) is 0 Å². The van der Waals surface area contributed by atoms with Crippen LogP contribution in [0, 0.1) is 11.8 Å². The van der Waals surface area contributed by atoms with Crippen molar-refractivity contribution in [3.05, 3.63) is 42.5 Å². The Morgan fingerprint density at radius 2 is 1.64 bits per heavy atom. The van der Waals surface area contributed by atoms with Gasteiger partial charge in [0.1, 0.15) is 11.5 Å². The highest BCUT2D eigenvalue weighted by atomic mass is 32.2. The third-order valence-electron chi connectivity index (χ3n) is 7.09. The summed E-state index contributed by atoms with van der Waals surface area (Å²) in [4.78, 5) is 42.2. The summed E-state index contributed by atoms with van der Waals surface area (Å²) < 4.78 is 33.9. The second-order valence-electron chi connectivity index (χ2n) is 11.0. The summed E-state index contributed by atoms with van der Waals surface area (Å²) in [7, 11) is -4.17. The number of carbonyl (C=O) groups excluding carboxylic acids is 3. The molecule has 39 heavy (non-hydrogen) atoms. The molecule has 1 aliphatic rings. The van der Waals surface area contributed by atoms with E-state index in [2.05, 4.69) is 4.72 Å². The van der Waals surface area contributed by atoms with Gasteiger partial charge in [-0.25, -0.2) is 17.9 Å². The molecule has 1 saturated heterocycles. The molecule has 2 aromatic rings. The predicted octanol–water partition coefficient (Wildman–Crippen LogP) is 4.56. The van der Waals surface area contributed by atoms with E-state index in [1.807, 2.05) is 52.8 Å². The van der Waals surface area contributed by atoms with Crippen LogP contribution < -0.4 is 4.72 Å².